The first-order chi connectivity index (χ1) is 35.1. The Morgan fingerprint density at radius 3 is 1.54 bits per heavy atom. The van der Waals surface area contributed by atoms with E-state index in [2.05, 4.69) is 0 Å². The molecule has 0 amide bonds. The van der Waals surface area contributed by atoms with E-state index in [0.29, 0.717) is 12.8 Å². The highest BCUT2D eigenvalue weighted by atomic mass is 16.7. The van der Waals surface area contributed by atoms with Crippen LogP contribution in [0.4, 0.5) is 0 Å². The van der Waals surface area contributed by atoms with Gasteiger partial charge in [0.25, 0.3) is 0 Å². The van der Waals surface area contributed by atoms with Gasteiger partial charge in [-0.25, -0.2) is 0 Å². The summed E-state index contributed by atoms with van der Waals surface area (Å²) in [5, 5.41) is 180. The van der Waals surface area contributed by atoms with E-state index in [4.69, 9.17) is 47.4 Å². The van der Waals surface area contributed by atoms with Gasteiger partial charge < -0.3 is 134 Å². The molecule has 28 atom stereocenters. The number of rotatable bonds is 14. The SMILES string of the molecule is CC1OC(OCC2OC(OC3CC4C(O)CC(OC5OC(COC(=O)C6CCC(OC7OC(CO)C(O)C(O)C7O)CC6)C(O)C(O)C5O)CC4OC3C3CC(O)C(O)C(O)C3)C(O)C(O)C2O)C(O)C(O)C1O. The lowest BCUT2D eigenvalue weighted by Crippen LogP contribution is -2.63. The van der Waals surface area contributed by atoms with E-state index in [1.54, 1.807) is 0 Å². The summed E-state index contributed by atoms with van der Waals surface area (Å²) in [4.78, 5) is 13.2. The van der Waals surface area contributed by atoms with Crippen LogP contribution in [0, 0.1) is 17.8 Å². The number of esters is 1. The van der Waals surface area contributed by atoms with Crippen LogP contribution in [-0.2, 0) is 52.2 Å². The topological polar surface area (TPSA) is 453 Å². The number of aliphatic hydroxyl groups is 17. The second-order valence-corrected chi connectivity index (χ2v) is 21.3. The Bertz CT molecular complexity index is 1770. The van der Waals surface area contributed by atoms with Gasteiger partial charge in [0.2, 0.25) is 0 Å². The lowest BCUT2D eigenvalue weighted by Gasteiger charge is -2.52. The molecule has 428 valence electrons. The van der Waals surface area contributed by atoms with Crippen molar-refractivity contribution in [3.8, 4) is 0 Å². The number of aliphatic hydroxyl groups excluding tert-OH is 17. The molecule has 28 unspecified atom stereocenters. The van der Waals surface area contributed by atoms with E-state index in [9.17, 15) is 91.6 Å². The van der Waals surface area contributed by atoms with Gasteiger partial charge in [-0.15, -0.1) is 0 Å². The largest absolute Gasteiger partial charge is 0.463 e. The second kappa shape index (κ2) is 24.8. The molecule has 5 heterocycles. The number of hydrogen-bond donors (Lipinski definition) is 17. The fourth-order valence-electron chi connectivity index (χ4n) is 11.7. The molecule has 28 heteroatoms. The zero-order chi connectivity index (χ0) is 53.6. The van der Waals surface area contributed by atoms with Gasteiger partial charge in [0.1, 0.15) is 104 Å². The molecule has 74 heavy (non-hydrogen) atoms. The van der Waals surface area contributed by atoms with Crippen LogP contribution >= 0.6 is 0 Å². The number of carbonyl (C=O) groups excluding carboxylic acids is 1. The molecule has 0 aromatic rings. The van der Waals surface area contributed by atoms with Gasteiger partial charge in [-0.1, -0.05) is 0 Å². The molecular formula is C46H76O28. The lowest BCUT2D eigenvalue weighted by atomic mass is 9.72. The summed E-state index contributed by atoms with van der Waals surface area (Å²) in [6.07, 6.45) is -40.4. The van der Waals surface area contributed by atoms with Gasteiger partial charge >= 0.3 is 5.97 Å². The number of ether oxygens (including phenoxy) is 10. The molecule has 8 aliphatic rings. The van der Waals surface area contributed by atoms with E-state index in [1.807, 2.05) is 0 Å². The molecule has 28 nitrogen and oxygen atoms in total. The van der Waals surface area contributed by atoms with E-state index in [-0.39, 0.29) is 44.9 Å². The molecule has 8 rings (SSSR count). The lowest BCUT2D eigenvalue weighted by molar-refractivity contribution is -0.348. The van der Waals surface area contributed by atoms with E-state index in [1.165, 1.54) is 6.92 Å². The first-order valence-corrected chi connectivity index (χ1v) is 25.6. The van der Waals surface area contributed by atoms with E-state index in [0.717, 1.165) is 0 Å². The Morgan fingerprint density at radius 2 is 0.959 bits per heavy atom. The Labute approximate surface area is 424 Å². The average molecular weight is 1080 g/mol. The minimum absolute atomic E-state index is 0.00506. The Morgan fingerprint density at radius 1 is 0.459 bits per heavy atom. The number of fused-ring (bicyclic) bond motifs is 1. The van der Waals surface area contributed by atoms with Crippen molar-refractivity contribution in [2.75, 3.05) is 19.8 Å². The fourth-order valence-corrected chi connectivity index (χ4v) is 11.7. The number of hydrogen-bond acceptors (Lipinski definition) is 28. The monoisotopic (exact) mass is 1080 g/mol. The van der Waals surface area contributed by atoms with Crippen LogP contribution in [-0.4, -0.2) is 290 Å². The normalized spacial score (nSPS) is 53.5. The maximum Gasteiger partial charge on any atom is 0.309 e. The molecule has 3 saturated carbocycles. The molecule has 0 radical (unpaired) electrons. The molecule has 17 N–H and O–H groups in total. The smallest absolute Gasteiger partial charge is 0.309 e. The molecule has 0 aromatic heterocycles. The zero-order valence-electron chi connectivity index (χ0n) is 40.6. The fraction of sp³-hybridized carbons (Fsp3) is 0.978. The predicted molar refractivity (Wildman–Crippen MR) is 236 cm³/mol. The van der Waals surface area contributed by atoms with Gasteiger partial charge in [0.05, 0.1) is 74.1 Å². The van der Waals surface area contributed by atoms with Gasteiger partial charge in [0.15, 0.2) is 25.2 Å². The highest BCUT2D eigenvalue weighted by Crippen LogP contribution is 2.45. The minimum Gasteiger partial charge on any atom is -0.463 e. The highest BCUT2D eigenvalue weighted by Gasteiger charge is 2.55. The summed E-state index contributed by atoms with van der Waals surface area (Å²) in [6.45, 7) is -0.323. The predicted octanol–water partition coefficient (Wildman–Crippen LogP) is -8.44. The van der Waals surface area contributed by atoms with Crippen molar-refractivity contribution < 1.29 is 139 Å². The van der Waals surface area contributed by atoms with Gasteiger partial charge in [-0.05, 0) is 57.8 Å². The molecule has 8 fully saturated rings. The summed E-state index contributed by atoms with van der Waals surface area (Å²) in [5.74, 6) is -2.71. The summed E-state index contributed by atoms with van der Waals surface area (Å²) >= 11 is 0. The Kier molecular flexibility index (Phi) is 19.7. The van der Waals surface area contributed by atoms with Crippen LogP contribution in [0.5, 0.6) is 0 Å². The highest BCUT2D eigenvalue weighted by molar-refractivity contribution is 5.72. The van der Waals surface area contributed by atoms with Crippen molar-refractivity contribution in [2.45, 2.75) is 242 Å². The van der Waals surface area contributed by atoms with E-state index < -0.39 is 221 Å². The first kappa shape index (κ1) is 58.6. The van der Waals surface area contributed by atoms with Crippen LogP contribution < -0.4 is 0 Å². The quantitative estimate of drug-likeness (QED) is 0.0718. The van der Waals surface area contributed by atoms with Gasteiger partial charge in [-0.3, -0.25) is 4.79 Å². The van der Waals surface area contributed by atoms with Crippen molar-refractivity contribution in [2.24, 2.45) is 17.8 Å². The average Bonchev–Trinajstić information content (AvgIpc) is 3.38. The summed E-state index contributed by atoms with van der Waals surface area (Å²) < 4.78 is 58.7. The molecule has 0 spiro atoms. The third-order valence-electron chi connectivity index (χ3n) is 16.3. The van der Waals surface area contributed by atoms with Crippen molar-refractivity contribution in [3.05, 3.63) is 0 Å². The Hall–Kier alpha value is -1.57. The number of carbonyl (C=O) groups is 1. The maximum absolute atomic E-state index is 13.2. The van der Waals surface area contributed by atoms with Crippen molar-refractivity contribution >= 4 is 5.97 Å². The van der Waals surface area contributed by atoms with Crippen molar-refractivity contribution in [1.82, 2.24) is 0 Å². The molecule has 0 aromatic carbocycles. The molecule has 0 bridgehead atoms. The van der Waals surface area contributed by atoms with E-state index >= 15 is 0 Å². The van der Waals surface area contributed by atoms with Gasteiger partial charge in [0, 0.05) is 18.8 Å². The molecular weight excluding hydrogens is 1000 g/mol. The first-order valence-electron chi connectivity index (χ1n) is 25.6. The van der Waals surface area contributed by atoms with Crippen molar-refractivity contribution in [3.63, 3.8) is 0 Å². The molecule has 5 aliphatic heterocycles. The third kappa shape index (κ3) is 12.6. The standard InChI is InChI=1S/C46H76O28/c1-14-28(51)33(56)37(60)43(67-14)66-13-27-32(55)36(59)40(63)46(74-27)71-24-10-19-20(48)8-18(9-23(19)70-41(24)16-6-21(49)29(52)22(50)7-16)69-45-39(62)35(58)31(54)26(73-45)12-65-42(64)15-2-4-17(5-3-15)68-44-38(61)34(57)30(53)25(11-47)72-44/h14-41,43-63H,2-13H2,1H3. The summed E-state index contributed by atoms with van der Waals surface area (Å²) in [7, 11) is 0. The van der Waals surface area contributed by atoms with Crippen LogP contribution in [0.2, 0.25) is 0 Å². The van der Waals surface area contributed by atoms with Crippen molar-refractivity contribution in [1.29, 1.82) is 0 Å². The maximum atomic E-state index is 13.2. The van der Waals surface area contributed by atoms with Crippen LogP contribution in [0.25, 0.3) is 0 Å². The van der Waals surface area contributed by atoms with Crippen LogP contribution in [0.15, 0.2) is 0 Å². The Balaban J connectivity index is 0.873. The third-order valence-corrected chi connectivity index (χ3v) is 16.3. The van der Waals surface area contributed by atoms with Crippen LogP contribution in [0.1, 0.15) is 64.7 Å². The summed E-state index contributed by atoms with van der Waals surface area (Å²) in [5.41, 5.74) is 0. The second-order valence-electron chi connectivity index (χ2n) is 21.3. The zero-order valence-corrected chi connectivity index (χ0v) is 40.6. The summed E-state index contributed by atoms with van der Waals surface area (Å²) in [6, 6.07) is 0. The van der Waals surface area contributed by atoms with Gasteiger partial charge in [-0.2, -0.15) is 0 Å². The van der Waals surface area contributed by atoms with Crippen LogP contribution in [0.3, 0.4) is 0 Å². The minimum atomic E-state index is -1.87. The molecule has 5 saturated heterocycles. The molecule has 3 aliphatic carbocycles.